The summed E-state index contributed by atoms with van der Waals surface area (Å²) in [5.41, 5.74) is 1.35. The quantitative estimate of drug-likeness (QED) is 0.827. The van der Waals surface area contributed by atoms with Crippen LogP contribution in [0, 0.1) is 0 Å². The predicted molar refractivity (Wildman–Crippen MR) is 64.3 cm³/mol. The van der Waals surface area contributed by atoms with Crippen molar-refractivity contribution in [1.29, 1.82) is 0 Å². The third kappa shape index (κ3) is 3.23. The van der Waals surface area contributed by atoms with E-state index in [1.54, 1.807) is 0 Å². The molecule has 0 spiro atoms. The van der Waals surface area contributed by atoms with E-state index in [2.05, 4.69) is 36.5 Å². The maximum Gasteiger partial charge on any atom is 0.0611 e. The van der Waals surface area contributed by atoms with E-state index in [0.29, 0.717) is 5.25 Å². The van der Waals surface area contributed by atoms with E-state index in [9.17, 15) is 0 Å². The standard InChI is InChI=1S/C12H17NOS/c1-2-13-7-10-3-5-11(6-4-10)15-12-8-14-9-12/h3-6,12-13H,2,7-9H2,1H3. The minimum absolute atomic E-state index is 0.671. The van der Waals surface area contributed by atoms with Gasteiger partial charge in [-0.3, -0.25) is 0 Å². The van der Waals surface area contributed by atoms with Crippen molar-refractivity contribution in [2.45, 2.75) is 23.6 Å². The van der Waals surface area contributed by atoms with Gasteiger partial charge < -0.3 is 10.1 Å². The van der Waals surface area contributed by atoms with Crippen molar-refractivity contribution in [3.63, 3.8) is 0 Å². The van der Waals surface area contributed by atoms with E-state index in [4.69, 9.17) is 4.74 Å². The fourth-order valence-electron chi connectivity index (χ4n) is 1.43. The van der Waals surface area contributed by atoms with E-state index >= 15 is 0 Å². The molecule has 0 unspecified atom stereocenters. The fraction of sp³-hybridized carbons (Fsp3) is 0.500. The monoisotopic (exact) mass is 223 g/mol. The molecule has 0 amide bonds. The van der Waals surface area contributed by atoms with E-state index in [1.807, 2.05) is 11.8 Å². The van der Waals surface area contributed by atoms with Gasteiger partial charge in [0.2, 0.25) is 0 Å². The number of rotatable bonds is 5. The highest BCUT2D eigenvalue weighted by molar-refractivity contribution is 8.00. The Morgan fingerprint density at radius 1 is 1.33 bits per heavy atom. The largest absolute Gasteiger partial charge is 0.379 e. The molecular weight excluding hydrogens is 206 g/mol. The average Bonchev–Trinajstić information content (AvgIpc) is 2.22. The van der Waals surface area contributed by atoms with Crippen molar-refractivity contribution in [2.75, 3.05) is 19.8 Å². The van der Waals surface area contributed by atoms with E-state index < -0.39 is 0 Å². The second-order valence-electron chi connectivity index (χ2n) is 3.70. The highest BCUT2D eigenvalue weighted by atomic mass is 32.2. The number of nitrogens with one attached hydrogen (secondary N) is 1. The van der Waals surface area contributed by atoms with Crippen LogP contribution in [0.4, 0.5) is 0 Å². The van der Waals surface area contributed by atoms with Crippen LogP contribution in [0.1, 0.15) is 12.5 Å². The third-order valence-electron chi connectivity index (χ3n) is 2.41. The van der Waals surface area contributed by atoms with Crippen molar-refractivity contribution in [1.82, 2.24) is 5.32 Å². The van der Waals surface area contributed by atoms with E-state index in [1.165, 1.54) is 10.5 Å². The molecule has 1 fully saturated rings. The van der Waals surface area contributed by atoms with Crippen LogP contribution in [0.5, 0.6) is 0 Å². The Morgan fingerprint density at radius 3 is 2.60 bits per heavy atom. The van der Waals surface area contributed by atoms with Gasteiger partial charge in [-0.25, -0.2) is 0 Å². The zero-order valence-corrected chi connectivity index (χ0v) is 9.85. The summed E-state index contributed by atoms with van der Waals surface area (Å²) in [7, 11) is 0. The van der Waals surface area contributed by atoms with Gasteiger partial charge in [0.05, 0.1) is 18.5 Å². The predicted octanol–water partition coefficient (Wildman–Crippen LogP) is 2.29. The normalized spacial score (nSPS) is 16.3. The Balaban J connectivity index is 1.85. The summed E-state index contributed by atoms with van der Waals surface area (Å²) in [6.45, 7) is 5.93. The summed E-state index contributed by atoms with van der Waals surface area (Å²) < 4.78 is 5.15. The van der Waals surface area contributed by atoms with Gasteiger partial charge in [0.25, 0.3) is 0 Å². The van der Waals surface area contributed by atoms with E-state index in [-0.39, 0.29) is 0 Å². The summed E-state index contributed by atoms with van der Waals surface area (Å²) in [6, 6.07) is 8.81. The number of hydrogen-bond donors (Lipinski definition) is 1. The fourth-order valence-corrected chi connectivity index (χ4v) is 2.44. The van der Waals surface area contributed by atoms with Crippen LogP contribution in [-0.2, 0) is 11.3 Å². The molecule has 0 radical (unpaired) electrons. The van der Waals surface area contributed by atoms with Crippen molar-refractivity contribution in [3.8, 4) is 0 Å². The molecule has 2 nitrogen and oxygen atoms in total. The lowest BCUT2D eigenvalue weighted by atomic mass is 10.2. The van der Waals surface area contributed by atoms with Gasteiger partial charge in [-0.1, -0.05) is 19.1 Å². The van der Waals surface area contributed by atoms with Gasteiger partial charge in [0, 0.05) is 11.4 Å². The number of ether oxygens (including phenoxy) is 1. The van der Waals surface area contributed by atoms with Gasteiger partial charge in [-0.15, -0.1) is 11.8 Å². The molecule has 82 valence electrons. The van der Waals surface area contributed by atoms with Crippen LogP contribution in [-0.4, -0.2) is 25.0 Å². The minimum atomic E-state index is 0.671. The van der Waals surface area contributed by atoms with Crippen molar-refractivity contribution < 1.29 is 4.74 Å². The molecule has 1 saturated heterocycles. The van der Waals surface area contributed by atoms with E-state index in [0.717, 1.165) is 26.3 Å². The molecule has 1 N–H and O–H groups in total. The Kier molecular flexibility index (Phi) is 4.06. The first-order valence-electron chi connectivity index (χ1n) is 5.42. The molecule has 1 aromatic carbocycles. The second kappa shape index (κ2) is 5.54. The number of hydrogen-bond acceptors (Lipinski definition) is 3. The summed E-state index contributed by atoms with van der Waals surface area (Å²) in [5.74, 6) is 0. The maximum absolute atomic E-state index is 5.15. The first-order valence-corrected chi connectivity index (χ1v) is 6.30. The highest BCUT2D eigenvalue weighted by Crippen LogP contribution is 2.27. The van der Waals surface area contributed by atoms with Gasteiger partial charge in [-0.2, -0.15) is 0 Å². The Labute approximate surface area is 95.4 Å². The molecule has 0 aromatic heterocycles. The molecule has 1 aromatic rings. The minimum Gasteiger partial charge on any atom is -0.379 e. The van der Waals surface area contributed by atoms with Crippen LogP contribution >= 0.6 is 11.8 Å². The third-order valence-corrected chi connectivity index (χ3v) is 3.56. The topological polar surface area (TPSA) is 21.3 Å². The van der Waals surface area contributed by atoms with Crippen LogP contribution in [0.15, 0.2) is 29.2 Å². The van der Waals surface area contributed by atoms with Crippen molar-refractivity contribution in [2.24, 2.45) is 0 Å². The lowest BCUT2D eigenvalue weighted by Crippen LogP contribution is -2.29. The summed E-state index contributed by atoms with van der Waals surface area (Å²) in [6.07, 6.45) is 0. The Bertz CT molecular complexity index is 295. The summed E-state index contributed by atoms with van der Waals surface area (Å²) >= 11 is 1.92. The SMILES string of the molecule is CCNCc1ccc(SC2COC2)cc1. The number of thioether (sulfide) groups is 1. The molecular formula is C12H17NOS. The first kappa shape index (κ1) is 11.0. The Hall–Kier alpha value is -0.510. The molecule has 15 heavy (non-hydrogen) atoms. The molecule has 1 heterocycles. The van der Waals surface area contributed by atoms with Crippen molar-refractivity contribution in [3.05, 3.63) is 29.8 Å². The van der Waals surface area contributed by atoms with Gasteiger partial charge >= 0.3 is 0 Å². The zero-order valence-electron chi connectivity index (χ0n) is 9.03. The van der Waals surface area contributed by atoms with Gasteiger partial charge in [-0.05, 0) is 24.2 Å². The van der Waals surface area contributed by atoms with Crippen LogP contribution in [0.2, 0.25) is 0 Å². The molecule has 1 aliphatic heterocycles. The summed E-state index contributed by atoms with van der Waals surface area (Å²) in [5, 5.41) is 3.99. The van der Waals surface area contributed by atoms with Crippen LogP contribution < -0.4 is 5.32 Å². The lowest BCUT2D eigenvalue weighted by molar-refractivity contribution is 0.0455. The summed E-state index contributed by atoms with van der Waals surface area (Å²) in [4.78, 5) is 1.35. The average molecular weight is 223 g/mol. The molecule has 2 rings (SSSR count). The Morgan fingerprint density at radius 2 is 2.07 bits per heavy atom. The first-order chi connectivity index (χ1) is 7.38. The van der Waals surface area contributed by atoms with Crippen LogP contribution in [0.25, 0.3) is 0 Å². The zero-order chi connectivity index (χ0) is 10.5. The molecule has 0 aliphatic carbocycles. The van der Waals surface area contributed by atoms with Crippen molar-refractivity contribution >= 4 is 11.8 Å². The smallest absolute Gasteiger partial charge is 0.0611 e. The second-order valence-corrected chi connectivity index (χ2v) is 5.08. The molecule has 3 heteroatoms. The van der Waals surface area contributed by atoms with Gasteiger partial charge in [0.1, 0.15) is 0 Å². The van der Waals surface area contributed by atoms with Gasteiger partial charge in [0.15, 0.2) is 0 Å². The lowest BCUT2D eigenvalue weighted by Gasteiger charge is -2.25. The van der Waals surface area contributed by atoms with Crippen LogP contribution in [0.3, 0.4) is 0 Å². The molecule has 0 saturated carbocycles. The molecule has 0 atom stereocenters. The highest BCUT2D eigenvalue weighted by Gasteiger charge is 2.19. The molecule has 0 bridgehead atoms. The molecule has 1 aliphatic rings. The number of benzene rings is 1. The maximum atomic E-state index is 5.15.